The molecule has 1 N–H and O–H groups in total. The van der Waals surface area contributed by atoms with E-state index in [1.165, 1.54) is 19.4 Å². The lowest BCUT2D eigenvalue weighted by atomic mass is 10.1. The summed E-state index contributed by atoms with van der Waals surface area (Å²) in [6.45, 7) is 8.39. The average molecular weight is 288 g/mol. The van der Waals surface area contributed by atoms with Gasteiger partial charge in [0.2, 0.25) is 0 Å². The van der Waals surface area contributed by atoms with Crippen molar-refractivity contribution in [1.82, 2.24) is 15.2 Å². The largest absolute Gasteiger partial charge is 0.369 e. The molecule has 1 aromatic rings. The van der Waals surface area contributed by atoms with Crippen LogP contribution in [-0.2, 0) is 0 Å². The fourth-order valence-electron chi connectivity index (χ4n) is 3.30. The predicted octanol–water partition coefficient (Wildman–Crippen LogP) is 1.50. The molecule has 114 valence electrons. The van der Waals surface area contributed by atoms with Crippen LogP contribution in [0, 0.1) is 0 Å². The van der Waals surface area contributed by atoms with Gasteiger partial charge in [-0.15, -0.1) is 0 Å². The highest BCUT2D eigenvalue weighted by atomic mass is 16.1. The van der Waals surface area contributed by atoms with Gasteiger partial charge in [0, 0.05) is 43.6 Å². The summed E-state index contributed by atoms with van der Waals surface area (Å²) in [6.07, 6.45) is 4.35. The van der Waals surface area contributed by atoms with Crippen LogP contribution in [0.4, 0.5) is 5.69 Å². The molecule has 5 heteroatoms. The van der Waals surface area contributed by atoms with Gasteiger partial charge in [-0.05, 0) is 45.4 Å². The lowest BCUT2D eigenvalue weighted by molar-refractivity contribution is 0.0938. The van der Waals surface area contributed by atoms with Crippen LogP contribution in [0.3, 0.4) is 0 Å². The number of hydrogen-bond donors (Lipinski definition) is 1. The molecule has 3 heterocycles. The van der Waals surface area contributed by atoms with Gasteiger partial charge in [0.25, 0.3) is 5.91 Å². The van der Waals surface area contributed by atoms with Gasteiger partial charge in [-0.3, -0.25) is 14.7 Å². The maximum Gasteiger partial charge on any atom is 0.270 e. The maximum atomic E-state index is 12.1. The van der Waals surface area contributed by atoms with Crippen LogP contribution in [0.5, 0.6) is 0 Å². The molecule has 2 aliphatic heterocycles. The second kappa shape index (κ2) is 6.02. The van der Waals surface area contributed by atoms with Crippen molar-refractivity contribution in [3.05, 3.63) is 24.0 Å². The minimum Gasteiger partial charge on any atom is -0.369 e. The number of nitrogens with one attached hydrogen (secondary N) is 1. The molecule has 0 aliphatic carbocycles. The zero-order valence-corrected chi connectivity index (χ0v) is 12.9. The second-order valence-electron chi connectivity index (χ2n) is 6.31. The van der Waals surface area contributed by atoms with E-state index in [9.17, 15) is 4.79 Å². The minimum atomic E-state index is -0.0913. The molecule has 0 aromatic carbocycles. The number of aromatic nitrogens is 1. The van der Waals surface area contributed by atoms with Crippen molar-refractivity contribution < 1.29 is 4.79 Å². The molecular weight excluding hydrogens is 264 g/mol. The lowest BCUT2D eigenvalue weighted by Gasteiger charge is -2.38. The average Bonchev–Trinajstić information content (AvgIpc) is 2.94. The van der Waals surface area contributed by atoms with E-state index in [2.05, 4.69) is 20.1 Å². The number of hydrogen-bond acceptors (Lipinski definition) is 4. The van der Waals surface area contributed by atoms with Crippen molar-refractivity contribution in [3.8, 4) is 0 Å². The molecule has 0 unspecified atom stereocenters. The first-order valence-corrected chi connectivity index (χ1v) is 7.89. The molecule has 0 spiro atoms. The molecule has 1 aromatic heterocycles. The number of rotatable bonds is 3. The summed E-state index contributed by atoms with van der Waals surface area (Å²) in [7, 11) is 0. The number of amides is 1. The Balaban J connectivity index is 1.72. The van der Waals surface area contributed by atoms with Crippen LogP contribution in [0.25, 0.3) is 0 Å². The summed E-state index contributed by atoms with van der Waals surface area (Å²) < 4.78 is 0. The highest BCUT2D eigenvalue weighted by Gasteiger charge is 2.30. The summed E-state index contributed by atoms with van der Waals surface area (Å²) in [5, 5.41) is 2.90. The maximum absolute atomic E-state index is 12.1. The number of pyridine rings is 1. The molecule has 3 rings (SSSR count). The summed E-state index contributed by atoms with van der Waals surface area (Å²) in [4.78, 5) is 21.3. The van der Waals surface area contributed by atoms with Crippen LogP contribution in [0.1, 0.15) is 37.2 Å². The van der Waals surface area contributed by atoms with Gasteiger partial charge in [0.15, 0.2) is 0 Å². The molecule has 2 fully saturated rings. The third-order valence-corrected chi connectivity index (χ3v) is 4.35. The van der Waals surface area contributed by atoms with Crippen LogP contribution in [-0.4, -0.2) is 54.1 Å². The molecular formula is C16H24N4O. The highest BCUT2D eigenvalue weighted by molar-refractivity contribution is 5.93. The fourth-order valence-corrected chi connectivity index (χ4v) is 3.30. The van der Waals surface area contributed by atoms with Crippen molar-refractivity contribution in [1.29, 1.82) is 0 Å². The van der Waals surface area contributed by atoms with Crippen molar-refractivity contribution in [2.24, 2.45) is 0 Å². The molecule has 1 amide bonds. The van der Waals surface area contributed by atoms with E-state index in [1.807, 2.05) is 26.0 Å². The third kappa shape index (κ3) is 3.18. The zero-order valence-electron chi connectivity index (χ0n) is 12.9. The number of piperazine rings is 1. The van der Waals surface area contributed by atoms with E-state index in [4.69, 9.17) is 0 Å². The normalized spacial score (nSPS) is 22.4. The molecule has 21 heavy (non-hydrogen) atoms. The third-order valence-electron chi connectivity index (χ3n) is 4.35. The second-order valence-corrected chi connectivity index (χ2v) is 6.31. The van der Waals surface area contributed by atoms with Gasteiger partial charge in [-0.1, -0.05) is 0 Å². The summed E-state index contributed by atoms with van der Waals surface area (Å²) >= 11 is 0. The monoisotopic (exact) mass is 288 g/mol. The standard InChI is InChI=1S/C16H24N4O/c1-12(2)18-16(21)15-10-13(5-6-17-15)20-9-8-19-7-3-4-14(19)11-20/h5-6,10,12,14H,3-4,7-9,11H2,1-2H3,(H,18,21)/t14-/m0/s1. The topological polar surface area (TPSA) is 48.5 Å². The Labute approximate surface area is 126 Å². The van der Waals surface area contributed by atoms with Gasteiger partial charge in [-0.2, -0.15) is 0 Å². The Kier molecular flexibility index (Phi) is 4.10. The van der Waals surface area contributed by atoms with Crippen LogP contribution in [0.2, 0.25) is 0 Å². The van der Waals surface area contributed by atoms with E-state index >= 15 is 0 Å². The predicted molar refractivity (Wildman–Crippen MR) is 83.6 cm³/mol. The van der Waals surface area contributed by atoms with Crippen molar-refractivity contribution >= 4 is 11.6 Å². The van der Waals surface area contributed by atoms with E-state index in [0.717, 1.165) is 25.3 Å². The molecule has 0 saturated carbocycles. The number of carbonyl (C=O) groups is 1. The van der Waals surface area contributed by atoms with E-state index in [0.29, 0.717) is 11.7 Å². The van der Waals surface area contributed by atoms with Crippen LogP contribution >= 0.6 is 0 Å². The van der Waals surface area contributed by atoms with E-state index in [1.54, 1.807) is 6.20 Å². The Morgan fingerprint density at radius 2 is 2.24 bits per heavy atom. The molecule has 0 radical (unpaired) electrons. The smallest absolute Gasteiger partial charge is 0.270 e. The van der Waals surface area contributed by atoms with E-state index < -0.39 is 0 Å². The van der Waals surface area contributed by atoms with E-state index in [-0.39, 0.29) is 11.9 Å². The Morgan fingerprint density at radius 3 is 3.05 bits per heavy atom. The number of nitrogens with zero attached hydrogens (tertiary/aromatic N) is 3. The SMILES string of the molecule is CC(C)NC(=O)c1cc(N2CCN3CCC[C@H]3C2)ccn1. The first-order chi connectivity index (χ1) is 10.1. The summed E-state index contributed by atoms with van der Waals surface area (Å²) in [6, 6.07) is 4.74. The summed E-state index contributed by atoms with van der Waals surface area (Å²) in [5.41, 5.74) is 1.63. The van der Waals surface area contributed by atoms with Crippen LogP contribution in [0.15, 0.2) is 18.3 Å². The minimum absolute atomic E-state index is 0.0913. The molecule has 1 atom stereocenters. The first kappa shape index (κ1) is 14.3. The number of fused-ring (bicyclic) bond motifs is 1. The molecule has 2 saturated heterocycles. The zero-order chi connectivity index (χ0) is 14.8. The van der Waals surface area contributed by atoms with Gasteiger partial charge in [0.05, 0.1) is 0 Å². The van der Waals surface area contributed by atoms with Crippen molar-refractivity contribution in [2.45, 2.75) is 38.8 Å². The first-order valence-electron chi connectivity index (χ1n) is 7.89. The van der Waals surface area contributed by atoms with Gasteiger partial charge in [0.1, 0.15) is 5.69 Å². The summed E-state index contributed by atoms with van der Waals surface area (Å²) in [5.74, 6) is -0.0913. The van der Waals surface area contributed by atoms with Crippen LogP contribution < -0.4 is 10.2 Å². The molecule has 5 nitrogen and oxygen atoms in total. The Morgan fingerprint density at radius 1 is 1.38 bits per heavy atom. The molecule has 2 aliphatic rings. The number of carbonyl (C=O) groups excluding carboxylic acids is 1. The van der Waals surface area contributed by atoms with Gasteiger partial charge in [-0.25, -0.2) is 0 Å². The van der Waals surface area contributed by atoms with Gasteiger partial charge >= 0.3 is 0 Å². The Bertz CT molecular complexity index is 517. The van der Waals surface area contributed by atoms with Gasteiger partial charge < -0.3 is 10.2 Å². The lowest BCUT2D eigenvalue weighted by Crippen LogP contribution is -2.50. The Hall–Kier alpha value is -1.62. The number of anilines is 1. The fraction of sp³-hybridized carbons (Fsp3) is 0.625. The highest BCUT2D eigenvalue weighted by Crippen LogP contribution is 2.25. The molecule has 0 bridgehead atoms. The van der Waals surface area contributed by atoms with Crippen molar-refractivity contribution in [3.63, 3.8) is 0 Å². The quantitative estimate of drug-likeness (QED) is 0.916. The van der Waals surface area contributed by atoms with Crippen molar-refractivity contribution in [2.75, 3.05) is 31.1 Å².